The molecule has 1 fully saturated rings. The molecule has 0 N–H and O–H groups in total. The van der Waals surface area contributed by atoms with Gasteiger partial charge in [-0.25, -0.2) is 4.98 Å². The van der Waals surface area contributed by atoms with E-state index in [0.29, 0.717) is 13.0 Å². The Hall–Kier alpha value is -1.24. The van der Waals surface area contributed by atoms with Gasteiger partial charge in [0, 0.05) is 24.4 Å². The van der Waals surface area contributed by atoms with Crippen LogP contribution in [0, 0.1) is 13.8 Å². The van der Waals surface area contributed by atoms with E-state index < -0.39 is 0 Å². The fourth-order valence-electron chi connectivity index (χ4n) is 3.35. The Morgan fingerprint density at radius 1 is 1.30 bits per heavy atom. The Balaban J connectivity index is 2.13. The number of aromatic nitrogens is 2. The zero-order valence-corrected chi connectivity index (χ0v) is 15.2. The minimum absolute atomic E-state index is 0.137. The monoisotopic (exact) mass is 335 g/mol. The largest absolute Gasteiger partial charge is 0.384 e. The molecule has 2 aromatic heterocycles. The highest BCUT2D eigenvalue weighted by molar-refractivity contribution is 7.18. The summed E-state index contributed by atoms with van der Waals surface area (Å²) in [4.78, 5) is 22.4. The molecule has 2 aromatic rings. The first-order valence-electron chi connectivity index (χ1n) is 8.21. The summed E-state index contributed by atoms with van der Waals surface area (Å²) in [6, 6.07) is 0.252. The van der Waals surface area contributed by atoms with Gasteiger partial charge in [0.2, 0.25) is 0 Å². The number of likely N-dealkylation sites (tertiary alicyclic amines) is 1. The SMILES string of the molecule is COCCc1nc2sc(C)c(C)c2c(=O)n1C1CCN(C)CC1. The third-order valence-electron chi connectivity index (χ3n) is 4.89. The van der Waals surface area contributed by atoms with Crippen molar-refractivity contribution in [2.24, 2.45) is 0 Å². The van der Waals surface area contributed by atoms with E-state index in [4.69, 9.17) is 9.72 Å². The molecule has 0 saturated carbocycles. The van der Waals surface area contributed by atoms with Crippen LogP contribution in [-0.4, -0.2) is 48.3 Å². The first kappa shape index (κ1) is 16.6. The summed E-state index contributed by atoms with van der Waals surface area (Å²) in [5.41, 5.74) is 1.22. The quantitative estimate of drug-likeness (QED) is 0.861. The third-order valence-corrected chi connectivity index (χ3v) is 5.99. The molecular weight excluding hydrogens is 310 g/mol. The van der Waals surface area contributed by atoms with Crippen LogP contribution in [0.5, 0.6) is 0 Å². The van der Waals surface area contributed by atoms with E-state index in [1.807, 2.05) is 11.5 Å². The number of rotatable bonds is 4. The van der Waals surface area contributed by atoms with E-state index >= 15 is 0 Å². The van der Waals surface area contributed by atoms with E-state index in [1.165, 1.54) is 4.88 Å². The molecular formula is C17H25N3O2S. The fraction of sp³-hybridized carbons (Fsp3) is 0.647. The van der Waals surface area contributed by atoms with Crippen molar-refractivity contribution in [2.45, 2.75) is 39.2 Å². The van der Waals surface area contributed by atoms with Crippen molar-refractivity contribution in [3.8, 4) is 0 Å². The number of methoxy groups -OCH3 is 1. The van der Waals surface area contributed by atoms with Crippen LogP contribution in [0.15, 0.2) is 4.79 Å². The lowest BCUT2D eigenvalue weighted by molar-refractivity contribution is 0.191. The van der Waals surface area contributed by atoms with Gasteiger partial charge >= 0.3 is 0 Å². The van der Waals surface area contributed by atoms with Crippen molar-refractivity contribution < 1.29 is 4.74 Å². The summed E-state index contributed by atoms with van der Waals surface area (Å²) >= 11 is 1.62. The number of hydrogen-bond acceptors (Lipinski definition) is 5. The molecule has 1 saturated heterocycles. The molecule has 1 aliphatic rings. The van der Waals surface area contributed by atoms with Crippen LogP contribution in [-0.2, 0) is 11.2 Å². The molecule has 0 spiro atoms. The molecule has 0 aliphatic carbocycles. The highest BCUT2D eigenvalue weighted by Gasteiger charge is 2.24. The fourth-order valence-corrected chi connectivity index (χ4v) is 4.39. The minimum atomic E-state index is 0.137. The van der Waals surface area contributed by atoms with Crippen LogP contribution in [0.2, 0.25) is 0 Å². The van der Waals surface area contributed by atoms with Crippen molar-refractivity contribution in [3.63, 3.8) is 0 Å². The van der Waals surface area contributed by atoms with Gasteiger partial charge in [-0.1, -0.05) is 0 Å². The third kappa shape index (κ3) is 3.07. The Morgan fingerprint density at radius 3 is 2.65 bits per heavy atom. The first-order valence-corrected chi connectivity index (χ1v) is 9.03. The number of thiophene rings is 1. The van der Waals surface area contributed by atoms with Gasteiger partial charge in [0.15, 0.2) is 0 Å². The Labute approximate surface area is 140 Å². The van der Waals surface area contributed by atoms with Crippen LogP contribution >= 0.6 is 11.3 Å². The molecule has 5 nitrogen and oxygen atoms in total. The molecule has 126 valence electrons. The topological polar surface area (TPSA) is 47.4 Å². The summed E-state index contributed by atoms with van der Waals surface area (Å²) < 4.78 is 7.19. The summed E-state index contributed by atoms with van der Waals surface area (Å²) in [5, 5.41) is 0.813. The average molecular weight is 335 g/mol. The van der Waals surface area contributed by atoms with Gasteiger partial charge in [-0.3, -0.25) is 9.36 Å². The van der Waals surface area contributed by atoms with Crippen molar-refractivity contribution in [1.82, 2.24) is 14.5 Å². The normalized spacial score (nSPS) is 17.2. The van der Waals surface area contributed by atoms with Crippen LogP contribution in [0.3, 0.4) is 0 Å². The number of nitrogens with zero attached hydrogens (tertiary/aromatic N) is 3. The van der Waals surface area contributed by atoms with Crippen molar-refractivity contribution >= 4 is 21.6 Å². The lowest BCUT2D eigenvalue weighted by atomic mass is 10.0. The summed E-state index contributed by atoms with van der Waals surface area (Å²) in [7, 11) is 3.83. The molecule has 0 atom stereocenters. The maximum absolute atomic E-state index is 13.2. The second kappa shape index (κ2) is 6.71. The van der Waals surface area contributed by atoms with Crippen LogP contribution < -0.4 is 5.56 Å². The maximum atomic E-state index is 13.2. The second-order valence-electron chi connectivity index (χ2n) is 6.44. The van der Waals surface area contributed by atoms with Gasteiger partial charge in [-0.15, -0.1) is 11.3 Å². The van der Waals surface area contributed by atoms with Crippen LogP contribution in [0.4, 0.5) is 0 Å². The average Bonchev–Trinajstić information content (AvgIpc) is 2.81. The number of piperidine rings is 1. The molecule has 0 amide bonds. The molecule has 0 radical (unpaired) electrons. The molecule has 23 heavy (non-hydrogen) atoms. The maximum Gasteiger partial charge on any atom is 0.262 e. The van der Waals surface area contributed by atoms with Crippen molar-refractivity contribution in [3.05, 3.63) is 26.6 Å². The van der Waals surface area contributed by atoms with Gasteiger partial charge in [0.1, 0.15) is 10.7 Å². The molecule has 3 heterocycles. The Morgan fingerprint density at radius 2 is 2.00 bits per heavy atom. The van der Waals surface area contributed by atoms with E-state index in [1.54, 1.807) is 18.4 Å². The Kier molecular flexibility index (Phi) is 4.85. The van der Waals surface area contributed by atoms with Gasteiger partial charge in [-0.05, 0) is 52.4 Å². The highest BCUT2D eigenvalue weighted by atomic mass is 32.1. The van der Waals surface area contributed by atoms with Gasteiger partial charge in [0.05, 0.1) is 12.0 Å². The predicted molar refractivity (Wildman–Crippen MR) is 94.7 cm³/mol. The molecule has 0 bridgehead atoms. The lowest BCUT2D eigenvalue weighted by Crippen LogP contribution is -2.37. The summed E-state index contributed by atoms with van der Waals surface area (Å²) in [6.45, 7) is 6.75. The summed E-state index contributed by atoms with van der Waals surface area (Å²) in [5.74, 6) is 0.875. The molecule has 0 aromatic carbocycles. The molecule has 6 heteroatoms. The number of fused-ring (bicyclic) bond motifs is 1. The van der Waals surface area contributed by atoms with Gasteiger partial charge < -0.3 is 9.64 Å². The zero-order valence-electron chi connectivity index (χ0n) is 14.4. The minimum Gasteiger partial charge on any atom is -0.384 e. The van der Waals surface area contributed by atoms with Crippen molar-refractivity contribution in [2.75, 3.05) is 33.9 Å². The first-order chi connectivity index (χ1) is 11.0. The van der Waals surface area contributed by atoms with E-state index in [9.17, 15) is 4.79 Å². The second-order valence-corrected chi connectivity index (χ2v) is 7.65. The van der Waals surface area contributed by atoms with E-state index in [-0.39, 0.29) is 11.6 Å². The van der Waals surface area contributed by atoms with Gasteiger partial charge in [-0.2, -0.15) is 0 Å². The summed E-state index contributed by atoms with van der Waals surface area (Å²) in [6.07, 6.45) is 2.70. The predicted octanol–water partition coefficient (Wildman–Crippen LogP) is 2.53. The van der Waals surface area contributed by atoms with Crippen molar-refractivity contribution in [1.29, 1.82) is 0 Å². The zero-order chi connectivity index (χ0) is 16.6. The number of aryl methyl sites for hydroxylation is 2. The van der Waals surface area contributed by atoms with Crippen LogP contribution in [0.1, 0.15) is 35.1 Å². The van der Waals surface area contributed by atoms with Gasteiger partial charge in [0.25, 0.3) is 5.56 Å². The molecule has 3 rings (SSSR count). The smallest absolute Gasteiger partial charge is 0.262 e. The number of ether oxygens (including phenoxy) is 1. The Bertz CT molecular complexity index is 757. The van der Waals surface area contributed by atoms with E-state index in [0.717, 1.165) is 47.5 Å². The highest BCUT2D eigenvalue weighted by Crippen LogP contribution is 2.29. The van der Waals surface area contributed by atoms with E-state index in [2.05, 4.69) is 18.9 Å². The standard InChI is InChI=1S/C17H25N3O2S/c1-11-12(2)23-16-15(11)17(21)20(14(18-16)7-10-22-4)13-5-8-19(3)9-6-13/h13H,5-10H2,1-4H3. The lowest BCUT2D eigenvalue weighted by Gasteiger charge is -2.31. The number of hydrogen-bond donors (Lipinski definition) is 0. The molecule has 1 aliphatic heterocycles. The molecule has 0 unspecified atom stereocenters. The van der Waals surface area contributed by atoms with Crippen LogP contribution in [0.25, 0.3) is 10.2 Å².